The average Bonchev–Trinajstić information content (AvgIpc) is 2.39. The van der Waals surface area contributed by atoms with Crippen LogP contribution in [0.1, 0.15) is 13.3 Å². The summed E-state index contributed by atoms with van der Waals surface area (Å²) in [5, 5.41) is 0. The highest BCUT2D eigenvalue weighted by Gasteiger charge is 2.50. The number of carbonyl (C=O) groups is 1. The summed E-state index contributed by atoms with van der Waals surface area (Å²) in [6.07, 6.45) is 0.984. The van der Waals surface area contributed by atoms with Gasteiger partial charge in [0, 0.05) is 19.6 Å². The predicted molar refractivity (Wildman–Crippen MR) is 86.3 cm³/mol. The monoisotopic (exact) mass is 427 g/mol. The van der Waals surface area contributed by atoms with Crippen molar-refractivity contribution in [1.82, 2.24) is 10.3 Å². The molecule has 0 amide bonds. The van der Waals surface area contributed by atoms with E-state index in [0.717, 1.165) is 19.6 Å². The minimum atomic E-state index is -2.69. The summed E-state index contributed by atoms with van der Waals surface area (Å²) in [5.74, 6) is -0.184. The Hall–Kier alpha value is -0.0731. The number of quaternary nitrogens is 1. The third-order valence-electron chi connectivity index (χ3n) is 3.95. The molecule has 3 aliphatic heterocycles. The third-order valence-corrected chi connectivity index (χ3v) is 7.06. The number of hydrogen-bond acceptors (Lipinski definition) is 7. The number of halogens is 1. The molecule has 0 atom stereocenters. The normalized spacial score (nSPS) is 27.5. The molecular formula is C14H30BrN3O5Si. The van der Waals surface area contributed by atoms with Gasteiger partial charge < -0.3 is 35.0 Å². The molecule has 10 heteroatoms. The van der Waals surface area contributed by atoms with Gasteiger partial charge >= 0.3 is 14.8 Å². The number of ether oxygens (including phenoxy) is 1. The number of nitrogens with one attached hydrogen (secondary N) is 1. The highest BCUT2D eigenvalue weighted by atomic mass is 79.9. The maximum Gasteiger partial charge on any atom is 0.561 e. The second-order valence-electron chi connectivity index (χ2n) is 6.38. The Morgan fingerprint density at radius 1 is 1.17 bits per heavy atom. The molecule has 8 nitrogen and oxygen atoms in total. The molecule has 0 radical (unpaired) electrons. The fourth-order valence-corrected chi connectivity index (χ4v) is 5.63. The van der Waals surface area contributed by atoms with Crippen molar-refractivity contribution in [3.8, 4) is 0 Å². The van der Waals surface area contributed by atoms with Crippen LogP contribution in [-0.4, -0.2) is 97.1 Å². The van der Waals surface area contributed by atoms with Crippen LogP contribution >= 0.6 is 0 Å². The number of esters is 1. The minimum Gasteiger partial charge on any atom is -1.00 e. The molecule has 142 valence electrons. The first-order chi connectivity index (χ1) is 10.9. The van der Waals surface area contributed by atoms with Gasteiger partial charge in [-0.05, 0) is 6.92 Å². The lowest BCUT2D eigenvalue weighted by molar-refractivity contribution is -0.926. The van der Waals surface area contributed by atoms with Gasteiger partial charge in [-0.3, -0.25) is 9.69 Å². The van der Waals surface area contributed by atoms with Gasteiger partial charge in [-0.1, -0.05) is 0 Å². The van der Waals surface area contributed by atoms with Crippen LogP contribution in [-0.2, 0) is 22.8 Å². The van der Waals surface area contributed by atoms with Crippen molar-refractivity contribution in [3.05, 3.63) is 0 Å². The van der Waals surface area contributed by atoms with E-state index in [0.29, 0.717) is 50.2 Å². The molecule has 1 N–H and O–H groups in total. The van der Waals surface area contributed by atoms with Crippen LogP contribution in [0.2, 0.25) is 0 Å². The van der Waals surface area contributed by atoms with Crippen LogP contribution in [0.15, 0.2) is 0 Å². The van der Waals surface area contributed by atoms with Crippen molar-refractivity contribution in [1.29, 1.82) is 0 Å². The van der Waals surface area contributed by atoms with Crippen LogP contribution in [0.3, 0.4) is 0 Å². The first-order valence-corrected chi connectivity index (χ1v) is 10.3. The van der Waals surface area contributed by atoms with Crippen molar-refractivity contribution in [2.24, 2.45) is 0 Å². The van der Waals surface area contributed by atoms with E-state index in [1.807, 2.05) is 21.0 Å². The zero-order valence-corrected chi connectivity index (χ0v) is 17.5. The van der Waals surface area contributed by atoms with Crippen molar-refractivity contribution in [2.75, 3.05) is 72.9 Å². The third kappa shape index (κ3) is 7.04. The Morgan fingerprint density at radius 2 is 1.71 bits per heavy atom. The first-order valence-electron chi connectivity index (χ1n) is 8.33. The van der Waals surface area contributed by atoms with Gasteiger partial charge in [-0.15, -0.1) is 0 Å². The van der Waals surface area contributed by atoms with Crippen LogP contribution < -0.4 is 22.4 Å². The average molecular weight is 428 g/mol. The van der Waals surface area contributed by atoms with Crippen LogP contribution in [0.4, 0.5) is 0 Å². The van der Waals surface area contributed by atoms with Gasteiger partial charge in [0.05, 0.1) is 53.5 Å². The second kappa shape index (κ2) is 10.2. The number of hydrogen-bond donors (Lipinski definition) is 1. The summed E-state index contributed by atoms with van der Waals surface area (Å²) in [5.41, 5.74) is 3.35. The molecule has 0 unspecified atom stereocenters. The lowest BCUT2D eigenvalue weighted by atomic mass is 10.4. The van der Waals surface area contributed by atoms with Crippen molar-refractivity contribution in [2.45, 2.75) is 13.3 Å². The smallest absolute Gasteiger partial charge is 0.561 e. The van der Waals surface area contributed by atoms with E-state index in [1.165, 1.54) is 0 Å². The Morgan fingerprint density at radius 3 is 2.21 bits per heavy atom. The van der Waals surface area contributed by atoms with Gasteiger partial charge in [0.2, 0.25) is 0 Å². The molecule has 0 aromatic carbocycles. The predicted octanol–water partition coefficient (Wildman–Crippen LogP) is -3.62. The van der Waals surface area contributed by atoms with Crippen LogP contribution in [0, 0.1) is 0 Å². The highest BCUT2D eigenvalue weighted by molar-refractivity contribution is 6.60. The van der Waals surface area contributed by atoms with Crippen molar-refractivity contribution in [3.63, 3.8) is 0 Å². The van der Waals surface area contributed by atoms with Gasteiger partial charge in [0.1, 0.15) is 0 Å². The molecule has 3 rings (SSSR count). The Balaban J connectivity index is 0.00000288. The molecule has 0 spiro atoms. The highest BCUT2D eigenvalue weighted by Crippen LogP contribution is 2.18. The van der Waals surface area contributed by atoms with Crippen LogP contribution in [0.5, 0.6) is 0 Å². The summed E-state index contributed by atoms with van der Waals surface area (Å²) in [7, 11) is 1.38. The quantitative estimate of drug-likeness (QED) is 0.194. The molecule has 24 heavy (non-hydrogen) atoms. The van der Waals surface area contributed by atoms with Crippen molar-refractivity contribution < 1.29 is 44.4 Å². The van der Waals surface area contributed by atoms with E-state index < -0.39 is 8.80 Å². The van der Waals surface area contributed by atoms with E-state index in [4.69, 9.17) is 18.0 Å². The molecule has 0 aromatic heterocycles. The molecular weight excluding hydrogens is 398 g/mol. The van der Waals surface area contributed by atoms with E-state index in [-0.39, 0.29) is 23.0 Å². The standard InChI is InChI=1S/C14H30N3O5Si.BrH/c1-4-19-14(18)5-6-15-17(2,3)13-23-20-10-7-16(8-11-21-23)9-12-22-23;/h15H,4-13H2,1-3H3;1H/q+1;/p-1. The lowest BCUT2D eigenvalue weighted by Crippen LogP contribution is -3.00. The van der Waals surface area contributed by atoms with Gasteiger partial charge in [0.15, 0.2) is 6.17 Å². The van der Waals surface area contributed by atoms with E-state index in [2.05, 4.69) is 10.3 Å². The summed E-state index contributed by atoms with van der Waals surface area (Å²) in [6.45, 7) is 7.52. The van der Waals surface area contributed by atoms with Gasteiger partial charge in [0.25, 0.3) is 0 Å². The largest absolute Gasteiger partial charge is 1.00 e. The summed E-state index contributed by atoms with van der Waals surface area (Å²) in [4.78, 5) is 13.7. The molecule has 0 saturated carbocycles. The molecule has 3 fully saturated rings. The molecule has 0 aromatic rings. The summed E-state index contributed by atoms with van der Waals surface area (Å²) >= 11 is 0. The second-order valence-corrected chi connectivity index (χ2v) is 8.92. The fraction of sp³-hybridized carbons (Fsp3) is 0.929. The maximum absolute atomic E-state index is 11.4. The summed E-state index contributed by atoms with van der Waals surface area (Å²) < 4.78 is 23.6. The number of rotatable bonds is 7. The van der Waals surface area contributed by atoms with E-state index >= 15 is 0 Å². The Bertz CT molecular complexity index is 376. The van der Waals surface area contributed by atoms with Crippen LogP contribution in [0.25, 0.3) is 0 Å². The Labute approximate surface area is 156 Å². The minimum absolute atomic E-state index is 0. The number of carbonyl (C=O) groups excluding carboxylic acids is 1. The van der Waals surface area contributed by atoms with E-state index in [1.54, 1.807) is 0 Å². The molecule has 3 aliphatic rings. The lowest BCUT2D eigenvalue weighted by Gasteiger charge is -2.41. The fourth-order valence-electron chi connectivity index (χ4n) is 2.82. The number of nitrogens with zero attached hydrogens (tertiary/aromatic N) is 2. The molecule has 3 saturated heterocycles. The van der Waals surface area contributed by atoms with Gasteiger partial charge in [-0.25, -0.2) is 4.59 Å². The Kier molecular flexibility index (Phi) is 9.31. The first kappa shape index (κ1) is 22.0. The topological polar surface area (TPSA) is 69.3 Å². The van der Waals surface area contributed by atoms with Crippen molar-refractivity contribution >= 4 is 14.8 Å². The molecule has 0 aliphatic carbocycles. The zero-order valence-electron chi connectivity index (χ0n) is 14.9. The van der Waals surface area contributed by atoms with Gasteiger partial charge in [-0.2, -0.15) is 5.43 Å². The maximum atomic E-state index is 11.4. The van der Waals surface area contributed by atoms with E-state index in [9.17, 15) is 4.79 Å². The summed E-state index contributed by atoms with van der Waals surface area (Å²) in [6, 6.07) is 0. The zero-order chi connectivity index (χ0) is 16.8. The molecule has 3 heterocycles. The number of fused-ring (bicyclic) bond motifs is 6. The SMILES string of the molecule is CCOC(=O)CCN[N+](C)(C)C[Si]12OCCN(CCO1)CCO2.[Br-]. The molecule has 2 bridgehead atoms.